The average Bonchev–Trinajstić information content (AvgIpc) is 2.47. The first-order chi connectivity index (χ1) is 9.63. The number of phenols is 1. The third-order valence-electron chi connectivity index (χ3n) is 2.81. The van der Waals surface area contributed by atoms with E-state index in [9.17, 15) is 14.5 Å². The van der Waals surface area contributed by atoms with Gasteiger partial charge in [-0.3, -0.25) is 9.36 Å². The molecule has 4 nitrogen and oxygen atoms in total. The first-order valence-electron chi connectivity index (χ1n) is 5.79. The molecule has 2 aromatic carbocycles. The number of Topliss-reactive ketones (excluding diaryl/α,β-unsaturated/α-hetero) is 1. The Bertz CT molecular complexity index is 638. The molecule has 1 atom stereocenters. The number of hydrogen-bond acceptors (Lipinski definition) is 4. The quantitative estimate of drug-likeness (QED) is 0.681. The first-order valence-corrected chi connectivity index (χ1v) is 7.07. The van der Waals surface area contributed by atoms with Crippen LogP contribution in [0.15, 0.2) is 42.5 Å². The fraction of sp³-hybridized carbons (Fsp3) is 0.0714. The van der Waals surface area contributed by atoms with Gasteiger partial charge in [0.1, 0.15) is 11.5 Å². The summed E-state index contributed by atoms with van der Waals surface area (Å²) in [7, 11) is 1.96. The normalized spacial score (nSPS) is 10.4. The van der Waals surface area contributed by atoms with Crippen LogP contribution >= 0.6 is 17.9 Å². The highest BCUT2D eigenvalue weighted by Crippen LogP contribution is 2.20. The van der Waals surface area contributed by atoms with Crippen molar-refractivity contribution in [2.75, 3.05) is 0 Å². The lowest BCUT2D eigenvalue weighted by Crippen LogP contribution is -2.05. The predicted molar refractivity (Wildman–Crippen MR) is 80.2 cm³/mol. The minimum absolute atomic E-state index is 0.152. The van der Waals surface area contributed by atoms with Crippen LogP contribution in [0.5, 0.6) is 11.5 Å². The van der Waals surface area contributed by atoms with Crippen LogP contribution in [0, 0.1) is 0 Å². The van der Waals surface area contributed by atoms with Crippen molar-refractivity contribution in [1.29, 1.82) is 0 Å². The maximum absolute atomic E-state index is 12.1. The van der Waals surface area contributed by atoms with Crippen molar-refractivity contribution in [2.24, 2.45) is 0 Å². The number of rotatable bonds is 5. The van der Waals surface area contributed by atoms with Gasteiger partial charge in [-0.1, -0.05) is 12.1 Å². The van der Waals surface area contributed by atoms with E-state index in [1.54, 1.807) is 30.3 Å². The van der Waals surface area contributed by atoms with E-state index in [4.69, 9.17) is 4.52 Å². The molecule has 0 spiro atoms. The third-order valence-corrected chi connectivity index (χ3v) is 3.57. The van der Waals surface area contributed by atoms with Crippen LogP contribution in [0.1, 0.15) is 15.9 Å². The van der Waals surface area contributed by atoms with Gasteiger partial charge >= 0.3 is 0 Å². The molecule has 1 unspecified atom stereocenters. The number of benzene rings is 2. The fourth-order valence-corrected chi connectivity index (χ4v) is 2.25. The van der Waals surface area contributed by atoms with Crippen LogP contribution in [-0.4, -0.2) is 10.9 Å². The maximum atomic E-state index is 12.1. The third kappa shape index (κ3) is 3.41. The van der Waals surface area contributed by atoms with Gasteiger partial charge < -0.3 is 9.63 Å². The largest absolute Gasteiger partial charge is 0.507 e. The summed E-state index contributed by atoms with van der Waals surface area (Å²) in [6.45, 7) is 0. The Labute approximate surface area is 120 Å². The fourth-order valence-electron chi connectivity index (χ4n) is 1.78. The zero-order chi connectivity index (χ0) is 14.5. The summed E-state index contributed by atoms with van der Waals surface area (Å²) < 4.78 is 15.6. The molecular weight excluding hydrogens is 294 g/mol. The number of carbonyl (C=O) groups is 1. The van der Waals surface area contributed by atoms with Gasteiger partial charge in [0.05, 0.1) is 15.0 Å². The Morgan fingerprint density at radius 3 is 2.45 bits per heavy atom. The first kappa shape index (κ1) is 14.6. The van der Waals surface area contributed by atoms with Crippen LogP contribution in [0.3, 0.4) is 0 Å². The Hall–Kier alpha value is -1.76. The molecule has 0 saturated heterocycles. The maximum Gasteiger partial charge on any atom is 0.192 e. The van der Waals surface area contributed by atoms with Crippen molar-refractivity contribution in [1.82, 2.24) is 0 Å². The molecule has 1 N–H and O–H groups in total. The van der Waals surface area contributed by atoms with Crippen molar-refractivity contribution in [3.63, 3.8) is 0 Å². The lowest BCUT2D eigenvalue weighted by atomic mass is 10.0. The van der Waals surface area contributed by atoms with Crippen molar-refractivity contribution in [3.05, 3.63) is 53.6 Å². The zero-order valence-electron chi connectivity index (χ0n) is 10.4. The standard InChI is InChI=1S/C14H12O4P2/c15-13(7-9-1-3-10(18-19)4-2-9)12-6-5-11(20-17)8-14(12)16/h1-6,8,16H,7,19H2. The van der Waals surface area contributed by atoms with Crippen LogP contribution in [-0.2, 0) is 11.0 Å². The molecule has 2 aromatic rings. The zero-order valence-corrected chi connectivity index (χ0v) is 12.5. The Kier molecular flexibility index (Phi) is 4.84. The van der Waals surface area contributed by atoms with E-state index in [1.165, 1.54) is 12.1 Å². The van der Waals surface area contributed by atoms with Gasteiger partial charge in [-0.15, -0.1) is 0 Å². The minimum atomic E-state index is -0.198. The lowest BCUT2D eigenvalue weighted by Gasteiger charge is -2.05. The van der Waals surface area contributed by atoms with E-state index >= 15 is 0 Å². The smallest absolute Gasteiger partial charge is 0.192 e. The lowest BCUT2D eigenvalue weighted by molar-refractivity contribution is 0.0990. The van der Waals surface area contributed by atoms with Crippen molar-refractivity contribution >= 4 is 29.0 Å². The summed E-state index contributed by atoms with van der Waals surface area (Å²) in [6.07, 6.45) is 0.180. The number of ketones is 1. The molecule has 102 valence electrons. The monoisotopic (exact) mass is 306 g/mol. The van der Waals surface area contributed by atoms with Gasteiger partial charge in [0.15, 0.2) is 14.2 Å². The molecule has 0 aliphatic heterocycles. The van der Waals surface area contributed by atoms with Crippen LogP contribution in [0.2, 0.25) is 0 Å². The van der Waals surface area contributed by atoms with E-state index in [0.717, 1.165) is 5.56 Å². The molecular formula is C14H12O4P2. The molecule has 6 heteroatoms. The molecule has 0 aliphatic rings. The van der Waals surface area contributed by atoms with Gasteiger partial charge in [-0.2, -0.15) is 0 Å². The van der Waals surface area contributed by atoms with Crippen molar-refractivity contribution < 1.29 is 19.0 Å². The molecule has 0 fully saturated rings. The topological polar surface area (TPSA) is 63.6 Å². The number of phenolic OH excluding ortho intramolecular Hbond substituents is 1. The molecule has 0 heterocycles. The molecule has 0 bridgehead atoms. The highest BCUT2D eigenvalue weighted by Gasteiger charge is 2.12. The van der Waals surface area contributed by atoms with E-state index in [2.05, 4.69) is 9.47 Å². The number of hydrogen-bond donors (Lipinski definition) is 1. The Morgan fingerprint density at radius 1 is 1.20 bits per heavy atom. The Balaban J connectivity index is 2.16. The number of aromatic hydroxyl groups is 1. The van der Waals surface area contributed by atoms with Crippen LogP contribution < -0.4 is 9.83 Å². The highest BCUT2D eigenvalue weighted by atomic mass is 31.1. The van der Waals surface area contributed by atoms with Gasteiger partial charge in [-0.05, 0) is 35.9 Å². The van der Waals surface area contributed by atoms with E-state index < -0.39 is 0 Å². The summed E-state index contributed by atoms with van der Waals surface area (Å²) in [4.78, 5) is 12.1. The summed E-state index contributed by atoms with van der Waals surface area (Å²) in [6, 6.07) is 11.5. The molecule has 0 saturated carbocycles. The van der Waals surface area contributed by atoms with Crippen LogP contribution in [0.4, 0.5) is 0 Å². The second-order valence-corrected chi connectivity index (χ2v) is 5.09. The molecule has 0 amide bonds. The molecule has 0 radical (unpaired) electrons. The minimum Gasteiger partial charge on any atom is -0.507 e. The van der Waals surface area contributed by atoms with Gasteiger partial charge in [0.25, 0.3) is 0 Å². The predicted octanol–water partition coefficient (Wildman–Crippen LogP) is 2.90. The van der Waals surface area contributed by atoms with Crippen LogP contribution in [0.25, 0.3) is 0 Å². The average molecular weight is 306 g/mol. The van der Waals surface area contributed by atoms with Crippen molar-refractivity contribution in [3.8, 4) is 11.5 Å². The van der Waals surface area contributed by atoms with Gasteiger partial charge in [0, 0.05) is 11.7 Å². The highest BCUT2D eigenvalue weighted by molar-refractivity contribution is 7.34. The number of carbonyl (C=O) groups excluding carboxylic acids is 1. The molecule has 20 heavy (non-hydrogen) atoms. The van der Waals surface area contributed by atoms with Gasteiger partial charge in [-0.25, -0.2) is 0 Å². The summed E-state index contributed by atoms with van der Waals surface area (Å²) in [5.74, 6) is 0.338. The van der Waals surface area contributed by atoms with Gasteiger partial charge in [0.2, 0.25) is 0 Å². The van der Waals surface area contributed by atoms with E-state index in [-0.39, 0.29) is 32.0 Å². The Morgan fingerprint density at radius 2 is 1.90 bits per heavy atom. The molecule has 2 rings (SSSR count). The van der Waals surface area contributed by atoms with Crippen molar-refractivity contribution in [2.45, 2.75) is 6.42 Å². The molecule has 0 aromatic heterocycles. The summed E-state index contributed by atoms with van der Waals surface area (Å²) in [5, 5.41) is 10.2. The summed E-state index contributed by atoms with van der Waals surface area (Å²) >= 11 is 0. The molecule has 0 aliphatic carbocycles. The van der Waals surface area contributed by atoms with E-state index in [1.807, 2.05) is 0 Å². The second kappa shape index (κ2) is 6.60. The van der Waals surface area contributed by atoms with E-state index in [0.29, 0.717) is 11.1 Å². The summed E-state index contributed by atoms with van der Waals surface area (Å²) in [5.41, 5.74) is 1.05. The SMILES string of the molecule is O=Pc1ccc(C(=O)Cc2ccc(OP)cc2)c(O)c1. The second-order valence-electron chi connectivity index (χ2n) is 4.15.